The summed E-state index contributed by atoms with van der Waals surface area (Å²) in [6, 6.07) is 13.7. The zero-order chi connectivity index (χ0) is 15.9. The van der Waals surface area contributed by atoms with Gasteiger partial charge in [0.1, 0.15) is 5.75 Å². The molecule has 5 heteroatoms. The lowest BCUT2D eigenvalue weighted by atomic mass is 10.0. The van der Waals surface area contributed by atoms with E-state index in [1.807, 2.05) is 42.5 Å². The molecule has 1 N–H and O–H groups in total. The van der Waals surface area contributed by atoms with Crippen molar-refractivity contribution in [2.45, 2.75) is 20.1 Å². The molecule has 0 unspecified atom stereocenters. The van der Waals surface area contributed by atoms with Crippen LogP contribution in [-0.2, 0) is 18.0 Å². The second-order valence-corrected chi connectivity index (χ2v) is 5.95. The van der Waals surface area contributed by atoms with Gasteiger partial charge >= 0.3 is 0 Å². The largest absolute Gasteiger partial charge is 0.497 e. The van der Waals surface area contributed by atoms with Crippen molar-refractivity contribution >= 4 is 28.3 Å². The minimum atomic E-state index is 0.466. The molecule has 2 aromatic carbocycles. The molecule has 0 aliphatic heterocycles. The van der Waals surface area contributed by atoms with Crippen molar-refractivity contribution in [3.8, 4) is 5.75 Å². The van der Waals surface area contributed by atoms with Crippen LogP contribution >= 0.6 is 22.6 Å². The number of oxime groups is 1. The third kappa shape index (κ3) is 4.20. The van der Waals surface area contributed by atoms with Crippen molar-refractivity contribution in [2.24, 2.45) is 5.16 Å². The smallest absolute Gasteiger partial charge is 0.118 e. The molecule has 116 valence electrons. The molecule has 0 amide bonds. The highest BCUT2D eigenvalue weighted by Crippen LogP contribution is 2.20. The fourth-order valence-electron chi connectivity index (χ4n) is 2.09. The molecule has 0 aliphatic rings. The minimum absolute atomic E-state index is 0.466. The maximum absolute atomic E-state index is 8.99. The van der Waals surface area contributed by atoms with Crippen LogP contribution < -0.4 is 4.74 Å². The van der Waals surface area contributed by atoms with Crippen molar-refractivity contribution < 1.29 is 14.7 Å². The molecule has 0 saturated carbocycles. The lowest BCUT2D eigenvalue weighted by Crippen LogP contribution is -2.05. The van der Waals surface area contributed by atoms with Crippen LogP contribution in [0.5, 0.6) is 5.75 Å². The van der Waals surface area contributed by atoms with E-state index < -0.39 is 0 Å². The maximum Gasteiger partial charge on any atom is 0.118 e. The Morgan fingerprint density at radius 2 is 1.86 bits per heavy atom. The molecule has 0 aliphatic carbocycles. The van der Waals surface area contributed by atoms with Gasteiger partial charge in [0.15, 0.2) is 0 Å². The summed E-state index contributed by atoms with van der Waals surface area (Å²) in [7, 11) is 1.65. The maximum atomic E-state index is 8.99. The van der Waals surface area contributed by atoms with E-state index >= 15 is 0 Å². The van der Waals surface area contributed by atoms with Crippen LogP contribution in [0.4, 0.5) is 0 Å². The number of nitrogens with zero attached hydrogens (tertiary/aromatic N) is 1. The van der Waals surface area contributed by atoms with E-state index in [1.54, 1.807) is 14.0 Å². The molecule has 0 bridgehead atoms. The third-order valence-electron chi connectivity index (χ3n) is 3.33. The zero-order valence-electron chi connectivity index (χ0n) is 12.5. The van der Waals surface area contributed by atoms with Crippen molar-refractivity contribution in [1.82, 2.24) is 0 Å². The molecular formula is C17H18INO3. The van der Waals surface area contributed by atoms with Crippen molar-refractivity contribution in [1.29, 1.82) is 0 Å². The summed E-state index contributed by atoms with van der Waals surface area (Å²) in [5, 5.41) is 12.3. The van der Waals surface area contributed by atoms with E-state index in [0.717, 1.165) is 26.0 Å². The first-order chi connectivity index (χ1) is 10.7. The number of rotatable bonds is 6. The molecule has 2 rings (SSSR count). The summed E-state index contributed by atoms with van der Waals surface area (Å²) in [6.45, 7) is 2.76. The Morgan fingerprint density at radius 1 is 1.14 bits per heavy atom. The summed E-state index contributed by atoms with van der Waals surface area (Å²) < 4.78 is 12.0. The number of benzene rings is 2. The van der Waals surface area contributed by atoms with Gasteiger partial charge in [0.05, 0.1) is 26.0 Å². The van der Waals surface area contributed by atoms with Crippen LogP contribution in [0, 0.1) is 3.57 Å². The van der Waals surface area contributed by atoms with Crippen LogP contribution in [0.15, 0.2) is 47.6 Å². The van der Waals surface area contributed by atoms with Crippen LogP contribution in [0.25, 0.3) is 0 Å². The molecule has 0 heterocycles. The Kier molecular flexibility index (Phi) is 6.21. The SMILES string of the molecule is COc1ccc(COCc2c(I)cccc2/C(C)=N/O)cc1. The van der Waals surface area contributed by atoms with Crippen LogP contribution in [0.2, 0.25) is 0 Å². The molecule has 0 saturated heterocycles. The predicted octanol–water partition coefficient (Wildman–Crippen LogP) is 4.21. The van der Waals surface area contributed by atoms with E-state index in [-0.39, 0.29) is 0 Å². The van der Waals surface area contributed by atoms with Gasteiger partial charge in [-0.2, -0.15) is 0 Å². The Bertz CT molecular complexity index is 653. The van der Waals surface area contributed by atoms with E-state index in [2.05, 4.69) is 27.7 Å². The summed E-state index contributed by atoms with van der Waals surface area (Å²) in [6.07, 6.45) is 0. The van der Waals surface area contributed by atoms with Crippen molar-refractivity contribution in [3.63, 3.8) is 0 Å². The molecule has 0 radical (unpaired) electrons. The van der Waals surface area contributed by atoms with Gasteiger partial charge in [0.25, 0.3) is 0 Å². The molecule has 2 aromatic rings. The van der Waals surface area contributed by atoms with Crippen LogP contribution in [0.1, 0.15) is 23.6 Å². The monoisotopic (exact) mass is 411 g/mol. The molecular weight excluding hydrogens is 393 g/mol. The van der Waals surface area contributed by atoms with Gasteiger partial charge in [0, 0.05) is 14.7 Å². The molecule has 0 spiro atoms. The van der Waals surface area contributed by atoms with E-state index in [9.17, 15) is 0 Å². The molecule has 0 atom stereocenters. The van der Waals surface area contributed by atoms with Gasteiger partial charge in [-0.05, 0) is 53.3 Å². The summed E-state index contributed by atoms with van der Waals surface area (Å²) >= 11 is 2.27. The first-order valence-electron chi connectivity index (χ1n) is 6.82. The quantitative estimate of drug-likeness (QED) is 0.335. The first-order valence-corrected chi connectivity index (χ1v) is 7.90. The molecule has 0 aromatic heterocycles. The number of hydrogen-bond donors (Lipinski definition) is 1. The van der Waals surface area contributed by atoms with Crippen LogP contribution in [0.3, 0.4) is 0 Å². The predicted molar refractivity (Wildman–Crippen MR) is 94.6 cm³/mol. The van der Waals surface area contributed by atoms with E-state index in [1.165, 1.54) is 0 Å². The van der Waals surface area contributed by atoms with Gasteiger partial charge in [-0.3, -0.25) is 0 Å². The minimum Gasteiger partial charge on any atom is -0.497 e. The number of ether oxygens (including phenoxy) is 2. The molecule has 4 nitrogen and oxygen atoms in total. The fourth-order valence-corrected chi connectivity index (χ4v) is 2.74. The average Bonchev–Trinajstić information content (AvgIpc) is 2.56. The number of methoxy groups -OCH3 is 1. The van der Waals surface area contributed by atoms with Crippen molar-refractivity contribution in [2.75, 3.05) is 7.11 Å². The normalized spacial score (nSPS) is 11.5. The third-order valence-corrected chi connectivity index (χ3v) is 4.34. The van der Waals surface area contributed by atoms with Gasteiger partial charge in [-0.15, -0.1) is 0 Å². The van der Waals surface area contributed by atoms with Gasteiger partial charge in [0.2, 0.25) is 0 Å². The first kappa shape index (κ1) is 16.8. The Labute approximate surface area is 143 Å². The highest BCUT2D eigenvalue weighted by Gasteiger charge is 2.10. The number of hydrogen-bond acceptors (Lipinski definition) is 4. The van der Waals surface area contributed by atoms with Crippen LogP contribution in [-0.4, -0.2) is 18.0 Å². The molecule has 0 fully saturated rings. The topological polar surface area (TPSA) is 51.0 Å². The second-order valence-electron chi connectivity index (χ2n) is 4.79. The highest BCUT2D eigenvalue weighted by atomic mass is 127. The summed E-state index contributed by atoms with van der Waals surface area (Å²) in [5.74, 6) is 0.832. The number of halogens is 1. The zero-order valence-corrected chi connectivity index (χ0v) is 14.7. The fraction of sp³-hybridized carbons (Fsp3) is 0.235. The lowest BCUT2D eigenvalue weighted by Gasteiger charge is -2.12. The Morgan fingerprint density at radius 3 is 2.50 bits per heavy atom. The van der Waals surface area contributed by atoms with E-state index in [0.29, 0.717) is 18.9 Å². The standard InChI is InChI=1S/C17H18INO3/c1-12(19-20)15-4-3-5-17(18)16(15)11-22-10-13-6-8-14(21-2)9-7-13/h3-9,20H,10-11H2,1-2H3/b19-12+. The van der Waals surface area contributed by atoms with Gasteiger partial charge in [-0.25, -0.2) is 0 Å². The Hall–Kier alpha value is -1.60. The highest BCUT2D eigenvalue weighted by molar-refractivity contribution is 14.1. The van der Waals surface area contributed by atoms with Gasteiger partial charge in [-0.1, -0.05) is 29.4 Å². The summed E-state index contributed by atoms with van der Waals surface area (Å²) in [5.41, 5.74) is 3.61. The average molecular weight is 411 g/mol. The van der Waals surface area contributed by atoms with Gasteiger partial charge < -0.3 is 14.7 Å². The van der Waals surface area contributed by atoms with Crippen molar-refractivity contribution in [3.05, 3.63) is 62.7 Å². The molecule has 22 heavy (non-hydrogen) atoms. The Balaban J connectivity index is 2.05. The summed E-state index contributed by atoms with van der Waals surface area (Å²) in [4.78, 5) is 0. The van der Waals surface area contributed by atoms with E-state index in [4.69, 9.17) is 14.7 Å². The second kappa shape index (κ2) is 8.14. The lowest BCUT2D eigenvalue weighted by molar-refractivity contribution is 0.106.